The van der Waals surface area contributed by atoms with E-state index < -0.39 is 5.82 Å². The van der Waals surface area contributed by atoms with Gasteiger partial charge in [-0.15, -0.1) is 0 Å². The molecular formula is C10H8ClFO. The second kappa shape index (κ2) is 4.86. The van der Waals surface area contributed by atoms with E-state index in [1.165, 1.54) is 6.07 Å². The molecule has 0 amide bonds. The average molecular weight is 199 g/mol. The second-order valence-electron chi connectivity index (χ2n) is 2.38. The van der Waals surface area contributed by atoms with Crippen LogP contribution in [0.2, 0.25) is 5.02 Å². The zero-order chi connectivity index (χ0) is 9.68. The molecule has 0 spiro atoms. The van der Waals surface area contributed by atoms with Crippen LogP contribution in [0.15, 0.2) is 18.2 Å². The average Bonchev–Trinajstić information content (AvgIpc) is 2.13. The van der Waals surface area contributed by atoms with Crippen molar-refractivity contribution in [1.82, 2.24) is 0 Å². The summed E-state index contributed by atoms with van der Waals surface area (Å²) in [6, 6.07) is 4.65. The Kier molecular flexibility index (Phi) is 3.75. The number of aliphatic hydroxyl groups is 1. The summed E-state index contributed by atoms with van der Waals surface area (Å²) in [4.78, 5) is 0. The molecule has 0 saturated carbocycles. The standard InChI is InChI=1S/C10H8ClFO/c11-9-6-3-5-8(10(9)12)4-1-2-7-13/h3,5-6,13H,2,7H2. The molecule has 1 rings (SSSR count). The van der Waals surface area contributed by atoms with Crippen LogP contribution in [0.3, 0.4) is 0 Å². The van der Waals surface area contributed by atoms with Gasteiger partial charge in [-0.25, -0.2) is 4.39 Å². The van der Waals surface area contributed by atoms with Crippen LogP contribution in [-0.2, 0) is 0 Å². The Hall–Kier alpha value is -1.04. The van der Waals surface area contributed by atoms with E-state index in [4.69, 9.17) is 16.7 Å². The summed E-state index contributed by atoms with van der Waals surface area (Å²) < 4.78 is 13.1. The maximum absolute atomic E-state index is 13.1. The van der Waals surface area contributed by atoms with Crippen molar-refractivity contribution in [1.29, 1.82) is 0 Å². The van der Waals surface area contributed by atoms with E-state index in [2.05, 4.69) is 11.8 Å². The first-order valence-corrected chi connectivity index (χ1v) is 4.17. The first kappa shape index (κ1) is 10.0. The number of benzene rings is 1. The predicted octanol–water partition coefficient (Wildman–Crippen LogP) is 2.21. The van der Waals surface area contributed by atoms with Crippen molar-refractivity contribution < 1.29 is 9.50 Å². The summed E-state index contributed by atoms with van der Waals surface area (Å²) in [6.07, 6.45) is 0.339. The van der Waals surface area contributed by atoms with Gasteiger partial charge in [0.05, 0.1) is 17.2 Å². The van der Waals surface area contributed by atoms with Gasteiger partial charge in [-0.2, -0.15) is 0 Å². The Morgan fingerprint density at radius 3 is 2.92 bits per heavy atom. The zero-order valence-corrected chi connectivity index (χ0v) is 7.61. The van der Waals surface area contributed by atoms with E-state index in [-0.39, 0.29) is 17.2 Å². The summed E-state index contributed by atoms with van der Waals surface area (Å²) >= 11 is 5.53. The highest BCUT2D eigenvalue weighted by atomic mass is 35.5. The zero-order valence-electron chi connectivity index (χ0n) is 6.85. The minimum absolute atomic E-state index is 0.0187. The lowest BCUT2D eigenvalue weighted by molar-refractivity contribution is 0.305. The quantitative estimate of drug-likeness (QED) is 0.686. The molecule has 1 aromatic carbocycles. The minimum atomic E-state index is -0.505. The summed E-state index contributed by atoms with van der Waals surface area (Å²) in [5.74, 6) is 4.70. The van der Waals surface area contributed by atoms with Crippen LogP contribution >= 0.6 is 11.6 Å². The van der Waals surface area contributed by atoms with E-state index in [1.807, 2.05) is 0 Å². The van der Waals surface area contributed by atoms with E-state index in [0.717, 1.165) is 0 Å². The van der Waals surface area contributed by atoms with Gasteiger partial charge in [0, 0.05) is 6.42 Å². The van der Waals surface area contributed by atoms with Crippen molar-refractivity contribution in [2.45, 2.75) is 6.42 Å². The molecule has 13 heavy (non-hydrogen) atoms. The molecule has 0 atom stereocenters. The molecule has 68 valence electrons. The summed E-state index contributed by atoms with van der Waals surface area (Å²) in [7, 11) is 0. The van der Waals surface area contributed by atoms with Gasteiger partial charge in [0.2, 0.25) is 0 Å². The molecule has 0 aromatic heterocycles. The van der Waals surface area contributed by atoms with Crippen LogP contribution in [0, 0.1) is 17.7 Å². The molecule has 0 radical (unpaired) electrons. The molecular weight excluding hydrogens is 191 g/mol. The maximum Gasteiger partial charge on any atom is 0.157 e. The van der Waals surface area contributed by atoms with Crippen LogP contribution in [0.25, 0.3) is 0 Å². The van der Waals surface area contributed by atoms with Gasteiger partial charge < -0.3 is 5.11 Å². The Bertz CT molecular complexity index is 352. The molecule has 0 aliphatic carbocycles. The fourth-order valence-corrected chi connectivity index (χ4v) is 0.989. The Balaban J connectivity index is 2.91. The summed E-state index contributed by atoms with van der Waals surface area (Å²) in [5.41, 5.74) is 0.265. The third-order valence-electron chi connectivity index (χ3n) is 1.41. The highest BCUT2D eigenvalue weighted by Crippen LogP contribution is 2.16. The van der Waals surface area contributed by atoms with Crippen LogP contribution in [0.1, 0.15) is 12.0 Å². The van der Waals surface area contributed by atoms with Gasteiger partial charge in [0.1, 0.15) is 0 Å². The molecule has 0 unspecified atom stereocenters. The van der Waals surface area contributed by atoms with E-state index >= 15 is 0 Å². The van der Waals surface area contributed by atoms with Gasteiger partial charge in [-0.05, 0) is 12.1 Å². The molecule has 0 saturated heterocycles. The van der Waals surface area contributed by atoms with Crippen molar-refractivity contribution >= 4 is 11.6 Å². The van der Waals surface area contributed by atoms with Crippen LogP contribution in [-0.4, -0.2) is 11.7 Å². The van der Waals surface area contributed by atoms with Crippen molar-refractivity contribution in [3.05, 3.63) is 34.6 Å². The SMILES string of the molecule is OCCC#Cc1cccc(Cl)c1F. The fourth-order valence-electron chi connectivity index (χ4n) is 0.814. The molecule has 1 aromatic rings. The van der Waals surface area contributed by atoms with Gasteiger partial charge in [0.15, 0.2) is 5.82 Å². The maximum atomic E-state index is 13.1. The topological polar surface area (TPSA) is 20.2 Å². The summed E-state index contributed by atoms with van der Waals surface area (Å²) in [5, 5.41) is 8.51. The lowest BCUT2D eigenvalue weighted by Gasteiger charge is -1.95. The largest absolute Gasteiger partial charge is 0.395 e. The molecule has 0 aliphatic heterocycles. The van der Waals surface area contributed by atoms with E-state index in [9.17, 15) is 4.39 Å². The third-order valence-corrected chi connectivity index (χ3v) is 1.70. The fraction of sp³-hybridized carbons (Fsp3) is 0.200. The number of aliphatic hydroxyl groups excluding tert-OH is 1. The number of halogens is 2. The Morgan fingerprint density at radius 1 is 1.46 bits per heavy atom. The van der Waals surface area contributed by atoms with Crippen molar-refractivity contribution in [2.75, 3.05) is 6.61 Å². The molecule has 0 heterocycles. The van der Waals surface area contributed by atoms with E-state index in [1.54, 1.807) is 12.1 Å². The van der Waals surface area contributed by atoms with Crippen LogP contribution in [0.5, 0.6) is 0 Å². The number of rotatable bonds is 1. The van der Waals surface area contributed by atoms with Gasteiger partial charge in [-0.3, -0.25) is 0 Å². The molecule has 1 nitrogen and oxygen atoms in total. The van der Waals surface area contributed by atoms with Gasteiger partial charge >= 0.3 is 0 Å². The highest BCUT2D eigenvalue weighted by molar-refractivity contribution is 6.30. The molecule has 0 aliphatic rings. The van der Waals surface area contributed by atoms with Crippen LogP contribution in [0.4, 0.5) is 4.39 Å². The smallest absolute Gasteiger partial charge is 0.157 e. The predicted molar refractivity (Wildman–Crippen MR) is 50.0 cm³/mol. The first-order valence-electron chi connectivity index (χ1n) is 3.79. The number of hydrogen-bond acceptors (Lipinski definition) is 1. The lowest BCUT2D eigenvalue weighted by Crippen LogP contribution is -1.84. The molecule has 3 heteroatoms. The minimum Gasteiger partial charge on any atom is -0.395 e. The number of hydrogen-bond donors (Lipinski definition) is 1. The summed E-state index contributed by atoms with van der Waals surface area (Å²) in [6.45, 7) is -0.0187. The molecule has 0 bridgehead atoms. The highest BCUT2D eigenvalue weighted by Gasteiger charge is 2.02. The Morgan fingerprint density at radius 2 is 2.23 bits per heavy atom. The second-order valence-corrected chi connectivity index (χ2v) is 2.78. The lowest BCUT2D eigenvalue weighted by atomic mass is 10.2. The first-order chi connectivity index (χ1) is 6.25. The van der Waals surface area contributed by atoms with Crippen molar-refractivity contribution in [3.63, 3.8) is 0 Å². The van der Waals surface area contributed by atoms with Crippen molar-refractivity contribution in [3.8, 4) is 11.8 Å². The monoisotopic (exact) mass is 198 g/mol. The van der Waals surface area contributed by atoms with Crippen LogP contribution < -0.4 is 0 Å². The Labute approximate surface area is 81.2 Å². The van der Waals surface area contributed by atoms with Gasteiger partial charge in [-0.1, -0.05) is 29.5 Å². The van der Waals surface area contributed by atoms with E-state index in [0.29, 0.717) is 6.42 Å². The molecule has 0 fully saturated rings. The van der Waals surface area contributed by atoms with Crippen molar-refractivity contribution in [2.24, 2.45) is 0 Å². The van der Waals surface area contributed by atoms with Gasteiger partial charge in [0.25, 0.3) is 0 Å². The normalized spacial score (nSPS) is 9.15. The molecule has 1 N–H and O–H groups in total. The third kappa shape index (κ3) is 2.73.